The van der Waals surface area contributed by atoms with Crippen LogP contribution in [0.25, 0.3) is 0 Å². The van der Waals surface area contributed by atoms with Crippen molar-refractivity contribution in [3.63, 3.8) is 0 Å². The molecule has 1 aliphatic rings. The largest absolute Gasteiger partial charge is 0.508 e. The molecular weight excluding hydrogens is 820 g/mol. The van der Waals surface area contributed by atoms with Crippen molar-refractivity contribution in [3.8, 4) is 0 Å². The van der Waals surface area contributed by atoms with E-state index < -0.39 is 52.4 Å². The van der Waals surface area contributed by atoms with E-state index in [1.807, 2.05) is 97.9 Å². The number of nitrogens with zero attached hydrogens (tertiary/aromatic N) is 4. The van der Waals surface area contributed by atoms with E-state index in [-0.39, 0.29) is 36.5 Å². The first-order chi connectivity index (χ1) is 27.8. The van der Waals surface area contributed by atoms with E-state index >= 15 is 9.59 Å². The van der Waals surface area contributed by atoms with Crippen LogP contribution in [0.5, 0.6) is 0 Å². The molecule has 2 heterocycles. The van der Waals surface area contributed by atoms with Crippen LogP contribution in [-0.2, 0) is 41.6 Å². The Morgan fingerprint density at radius 3 is 1.93 bits per heavy atom. The second kappa shape index (κ2) is 18.5. The third kappa shape index (κ3) is 9.01. The summed E-state index contributed by atoms with van der Waals surface area (Å²) in [5.74, 6) is -2.63. The fourth-order valence-corrected chi connectivity index (χ4v) is 14.2. The number of amides is 1. The number of likely N-dealkylation sites (tertiary alicyclic amines) is 1. The lowest BCUT2D eigenvalue weighted by molar-refractivity contribution is -0.659. The SMILES string of the molecule is CC(=O)COC(=O)C([N+]1(SC(=S)Cc2nnc(C)s2)C[C@@H](C(C)OC(=O)OCc2ccc([N+](=O)[O-])cc2)C1=O)=P(c1ccccc1)(c1ccccc1)c1ccccc1. The number of rotatable bonds is 15. The standard InChI is InChI=1S/C41H38N4O9PS3/c1-27(46)25-52-40(48)39(55(32-13-7-4-8-14-32,33-15-9-5-10-16-33)34-17-11-6-12-18-34)45(58-37(56)23-36-43-42-29(3)57-36)24-35(38(45)47)28(2)54-41(49)53-26-30-19-21-31(22-20-30)44(50)51/h4-22,28,35H,23-26H2,1-3H3/q+1/t28?,35-,45?/m0/s1. The minimum Gasteiger partial charge on any atom is -0.450 e. The summed E-state index contributed by atoms with van der Waals surface area (Å²) in [5.41, 5.74) is 0.472. The predicted molar refractivity (Wildman–Crippen MR) is 228 cm³/mol. The van der Waals surface area contributed by atoms with Gasteiger partial charge < -0.3 is 14.2 Å². The van der Waals surface area contributed by atoms with Crippen molar-refractivity contribution in [2.24, 2.45) is 5.92 Å². The van der Waals surface area contributed by atoms with E-state index in [1.54, 1.807) is 6.92 Å². The minimum atomic E-state index is -3.38. The van der Waals surface area contributed by atoms with Gasteiger partial charge in [0.1, 0.15) is 52.0 Å². The molecule has 0 radical (unpaired) electrons. The summed E-state index contributed by atoms with van der Waals surface area (Å²) in [5, 5.41) is 23.0. The second-order valence-electron chi connectivity index (χ2n) is 13.3. The summed E-state index contributed by atoms with van der Waals surface area (Å²) in [4.78, 5) is 66.3. The van der Waals surface area contributed by atoms with Crippen molar-refractivity contribution in [1.29, 1.82) is 0 Å². The fraction of sp³-hybridized carbons (Fsp3) is 0.220. The number of nitro groups is 1. The fourth-order valence-electron chi connectivity index (χ4n) is 6.66. The first kappa shape index (κ1) is 42.2. The molecule has 17 heteroatoms. The molecule has 0 bridgehead atoms. The molecule has 3 atom stereocenters. The summed E-state index contributed by atoms with van der Waals surface area (Å²) in [6, 6.07) is 33.8. The predicted octanol–water partition coefficient (Wildman–Crippen LogP) is 6.24. The van der Waals surface area contributed by atoms with E-state index in [0.717, 1.165) is 32.9 Å². The number of hydrogen-bond donors (Lipinski definition) is 0. The van der Waals surface area contributed by atoms with Gasteiger partial charge in [0.05, 0.1) is 4.92 Å². The number of ether oxygens (including phenoxy) is 3. The zero-order valence-electron chi connectivity index (χ0n) is 31.6. The number of thiocarbonyl (C=S) groups is 1. The molecule has 1 aliphatic heterocycles. The number of benzene rings is 4. The summed E-state index contributed by atoms with van der Waals surface area (Å²) in [7, 11) is 0. The number of β-lactam (4-membered cyclic amide) rings is 1. The molecule has 5 aromatic rings. The molecule has 1 fully saturated rings. The Morgan fingerprint density at radius 1 is 0.914 bits per heavy atom. The summed E-state index contributed by atoms with van der Waals surface area (Å²) >= 11 is 8.38. The van der Waals surface area contributed by atoms with Crippen LogP contribution in [0.3, 0.4) is 0 Å². The summed E-state index contributed by atoms with van der Waals surface area (Å²) in [6.45, 7) is 0.520. The van der Waals surface area contributed by atoms with Crippen molar-refractivity contribution in [2.45, 2.75) is 39.9 Å². The Bertz CT molecular complexity index is 2290. The zero-order valence-corrected chi connectivity index (χ0v) is 34.9. The average molecular weight is 858 g/mol. The van der Waals surface area contributed by atoms with Gasteiger partial charge in [0.25, 0.3) is 5.69 Å². The van der Waals surface area contributed by atoms with Gasteiger partial charge in [-0.05, 0) is 54.4 Å². The number of carbonyl (C=O) groups is 4. The summed E-state index contributed by atoms with van der Waals surface area (Å²) in [6.07, 6.45) is -1.90. The Kier molecular flexibility index (Phi) is 13.5. The number of Topliss-reactive ketones (excluding diaryl/α,β-unsaturated/α-hetero) is 1. The zero-order chi connectivity index (χ0) is 41.5. The number of non-ortho nitro benzene ring substituents is 1. The monoisotopic (exact) mass is 857 g/mol. The Morgan fingerprint density at radius 2 is 1.47 bits per heavy atom. The highest BCUT2D eigenvalue weighted by atomic mass is 32.2. The quantitative estimate of drug-likeness (QED) is 0.0170. The van der Waals surface area contributed by atoms with E-state index in [4.69, 9.17) is 26.4 Å². The van der Waals surface area contributed by atoms with Crippen LogP contribution in [0.2, 0.25) is 0 Å². The van der Waals surface area contributed by atoms with Crippen LogP contribution in [0.15, 0.2) is 115 Å². The van der Waals surface area contributed by atoms with Gasteiger partial charge >= 0.3 is 18.0 Å². The van der Waals surface area contributed by atoms with Crippen LogP contribution in [0, 0.1) is 23.0 Å². The average Bonchev–Trinajstić information content (AvgIpc) is 3.64. The van der Waals surface area contributed by atoms with Crippen LogP contribution in [-0.4, -0.2) is 71.7 Å². The molecule has 6 rings (SSSR count). The number of nitro benzene ring substituents is 1. The number of aryl methyl sites for hydroxylation is 1. The summed E-state index contributed by atoms with van der Waals surface area (Å²) < 4.78 is 16.5. The van der Waals surface area contributed by atoms with E-state index in [9.17, 15) is 19.7 Å². The number of ketones is 1. The third-order valence-corrected chi connectivity index (χ3v) is 16.2. The highest BCUT2D eigenvalue weighted by Crippen LogP contribution is 2.54. The van der Waals surface area contributed by atoms with Crippen LogP contribution in [0.1, 0.15) is 29.4 Å². The van der Waals surface area contributed by atoms with Gasteiger partial charge in [0, 0.05) is 25.4 Å². The van der Waals surface area contributed by atoms with Crippen molar-refractivity contribution in [3.05, 3.63) is 141 Å². The normalized spacial score (nSPS) is 16.7. The van der Waals surface area contributed by atoms with Crippen LogP contribution >= 0.6 is 42.4 Å². The smallest absolute Gasteiger partial charge is 0.450 e. The molecule has 1 aromatic heterocycles. The molecule has 1 saturated heterocycles. The van der Waals surface area contributed by atoms with Crippen molar-refractivity contribution >= 4 is 97.4 Å². The van der Waals surface area contributed by atoms with Crippen LogP contribution < -0.4 is 15.9 Å². The van der Waals surface area contributed by atoms with Crippen molar-refractivity contribution < 1.29 is 42.2 Å². The molecule has 0 N–H and O–H groups in total. The topological polar surface area (TPSA) is 165 Å². The van der Waals surface area contributed by atoms with Gasteiger partial charge in [-0.15, -0.1) is 21.5 Å². The lowest BCUT2D eigenvalue weighted by atomic mass is 9.93. The maximum Gasteiger partial charge on any atom is 0.508 e. The van der Waals surface area contributed by atoms with E-state index in [2.05, 4.69) is 10.2 Å². The molecular formula is C41H38N4O9PS3+. The van der Waals surface area contributed by atoms with E-state index in [0.29, 0.717) is 14.8 Å². The van der Waals surface area contributed by atoms with Gasteiger partial charge in [0.15, 0.2) is 11.7 Å². The molecule has 0 spiro atoms. The maximum atomic E-state index is 15.3. The van der Waals surface area contributed by atoms with Gasteiger partial charge in [-0.1, -0.05) is 103 Å². The van der Waals surface area contributed by atoms with Crippen molar-refractivity contribution in [2.75, 3.05) is 13.2 Å². The number of carbonyl (C=O) groups excluding carboxylic acids is 4. The van der Waals surface area contributed by atoms with Gasteiger partial charge in [-0.2, -0.15) is 3.89 Å². The van der Waals surface area contributed by atoms with E-state index in [1.165, 1.54) is 42.5 Å². The molecule has 58 heavy (non-hydrogen) atoms. The second-order valence-corrected chi connectivity index (χ2v) is 19.9. The molecule has 298 valence electrons. The molecule has 4 aromatic carbocycles. The highest BCUT2D eigenvalue weighted by Gasteiger charge is 2.66. The number of hydrogen-bond acceptors (Lipinski definition) is 14. The first-order valence-corrected chi connectivity index (χ1v) is 21.7. The lowest BCUT2D eigenvalue weighted by Gasteiger charge is -2.48. The first-order valence-electron chi connectivity index (χ1n) is 18.0. The van der Waals surface area contributed by atoms with Gasteiger partial charge in [0.2, 0.25) is 5.42 Å². The Labute approximate surface area is 348 Å². The third-order valence-electron chi connectivity index (χ3n) is 9.28. The molecule has 2 unspecified atom stereocenters. The Hall–Kier alpha value is -5.38. The molecule has 13 nitrogen and oxygen atoms in total. The highest BCUT2D eigenvalue weighted by molar-refractivity contribution is 8.20. The Balaban J connectivity index is 1.50. The van der Waals surface area contributed by atoms with Gasteiger partial charge in [-0.3, -0.25) is 14.9 Å². The van der Waals surface area contributed by atoms with Crippen LogP contribution in [0.4, 0.5) is 10.5 Å². The van der Waals surface area contributed by atoms with Crippen molar-refractivity contribution in [1.82, 2.24) is 10.2 Å². The molecule has 0 saturated carbocycles. The van der Waals surface area contributed by atoms with Gasteiger partial charge in [-0.25, -0.2) is 14.4 Å². The molecule has 0 aliphatic carbocycles. The molecule has 1 amide bonds. The number of esters is 1. The number of aromatic nitrogens is 2. The lowest BCUT2D eigenvalue weighted by Crippen LogP contribution is -2.72. The minimum absolute atomic E-state index is 0.0473. The maximum absolute atomic E-state index is 15.3. The number of quaternary nitrogens is 1.